The van der Waals surface area contributed by atoms with Crippen molar-refractivity contribution in [1.29, 1.82) is 0 Å². The molecule has 0 saturated heterocycles. The Balaban J connectivity index is 2.18. The van der Waals surface area contributed by atoms with Gasteiger partial charge >= 0.3 is 11.9 Å². The van der Waals surface area contributed by atoms with E-state index in [4.69, 9.17) is 9.47 Å². The molecule has 1 aromatic carbocycles. The zero-order valence-electron chi connectivity index (χ0n) is 16.7. The van der Waals surface area contributed by atoms with Crippen molar-refractivity contribution in [1.82, 2.24) is 10.3 Å². The molecule has 0 saturated carbocycles. The van der Waals surface area contributed by atoms with E-state index in [0.717, 1.165) is 0 Å². The first-order chi connectivity index (χ1) is 13.2. The first-order valence-electron chi connectivity index (χ1n) is 9.29. The van der Waals surface area contributed by atoms with Crippen molar-refractivity contribution >= 4 is 22.8 Å². The number of aliphatic hydroxyl groups is 1. The number of hydrogen-bond acceptors (Lipinski definition) is 7. The topological polar surface area (TPSA) is 121 Å². The third-order valence-corrected chi connectivity index (χ3v) is 4.33. The van der Waals surface area contributed by atoms with Crippen LogP contribution in [0, 0.1) is 0 Å². The molecule has 2 rings (SSSR count). The maximum Gasteiger partial charge on any atom is 0.354 e. The highest BCUT2D eigenvalue weighted by molar-refractivity contribution is 5.98. The highest BCUT2D eigenvalue weighted by Gasteiger charge is 2.25. The van der Waals surface area contributed by atoms with Crippen LogP contribution in [0.15, 0.2) is 18.2 Å². The highest BCUT2D eigenvalue weighted by Crippen LogP contribution is 2.31. The summed E-state index contributed by atoms with van der Waals surface area (Å²) in [5.74, 6) is -0.879. The molecule has 0 aliphatic heterocycles. The van der Waals surface area contributed by atoms with E-state index < -0.39 is 17.6 Å². The van der Waals surface area contributed by atoms with Gasteiger partial charge in [0.1, 0.15) is 11.4 Å². The summed E-state index contributed by atoms with van der Waals surface area (Å²) in [7, 11) is 0. The summed E-state index contributed by atoms with van der Waals surface area (Å²) in [5, 5.41) is 24.4. The Kier molecular flexibility index (Phi) is 7.04. The van der Waals surface area contributed by atoms with Gasteiger partial charge in [0.15, 0.2) is 0 Å². The van der Waals surface area contributed by atoms with Crippen molar-refractivity contribution in [3.8, 4) is 5.75 Å². The second-order valence-electron chi connectivity index (χ2n) is 7.13. The number of hydrogen-bond donors (Lipinski definition) is 4. The largest absolute Gasteiger partial charge is 0.506 e. The van der Waals surface area contributed by atoms with Crippen LogP contribution in [0.5, 0.6) is 5.75 Å². The minimum absolute atomic E-state index is 0.0305. The predicted octanol–water partition coefficient (Wildman–Crippen LogP) is 2.41. The molecule has 154 valence electrons. The minimum atomic E-state index is -0.921. The van der Waals surface area contributed by atoms with Gasteiger partial charge in [0.2, 0.25) is 0 Å². The van der Waals surface area contributed by atoms with Crippen LogP contribution >= 0.6 is 0 Å². The van der Waals surface area contributed by atoms with Crippen LogP contribution < -0.4 is 5.32 Å². The van der Waals surface area contributed by atoms with Gasteiger partial charge in [-0.15, -0.1) is 0 Å². The second-order valence-corrected chi connectivity index (χ2v) is 7.13. The summed E-state index contributed by atoms with van der Waals surface area (Å²) < 4.78 is 9.94. The number of benzene rings is 1. The van der Waals surface area contributed by atoms with Gasteiger partial charge in [-0.1, -0.05) is 6.07 Å². The van der Waals surface area contributed by atoms with E-state index in [0.29, 0.717) is 23.1 Å². The lowest BCUT2D eigenvalue weighted by Crippen LogP contribution is -2.43. The van der Waals surface area contributed by atoms with Gasteiger partial charge in [-0.2, -0.15) is 0 Å². The monoisotopic (exact) mass is 392 g/mol. The van der Waals surface area contributed by atoms with Crippen LogP contribution in [0.2, 0.25) is 0 Å². The first-order valence-corrected chi connectivity index (χ1v) is 9.29. The van der Waals surface area contributed by atoms with Crippen LogP contribution in [0.25, 0.3) is 10.9 Å². The zero-order valence-corrected chi connectivity index (χ0v) is 16.7. The van der Waals surface area contributed by atoms with Gasteiger partial charge in [-0.3, -0.25) is 4.79 Å². The molecule has 0 fully saturated rings. The number of aromatic nitrogens is 1. The molecule has 0 radical (unpaired) electrons. The molecule has 4 N–H and O–H groups in total. The van der Waals surface area contributed by atoms with E-state index in [-0.39, 0.29) is 37.0 Å². The summed E-state index contributed by atoms with van der Waals surface area (Å²) in [6.45, 7) is 7.87. The third kappa shape index (κ3) is 5.24. The van der Waals surface area contributed by atoms with Crippen LogP contribution in [0.4, 0.5) is 0 Å². The lowest BCUT2D eigenvalue weighted by Gasteiger charge is -2.27. The van der Waals surface area contributed by atoms with E-state index in [9.17, 15) is 19.8 Å². The Morgan fingerprint density at radius 1 is 1.21 bits per heavy atom. The van der Waals surface area contributed by atoms with Gasteiger partial charge < -0.3 is 30.0 Å². The lowest BCUT2D eigenvalue weighted by atomic mass is 9.98. The summed E-state index contributed by atoms with van der Waals surface area (Å²) in [5.41, 5.74) is 0.518. The lowest BCUT2D eigenvalue weighted by molar-refractivity contribution is -0.144. The van der Waals surface area contributed by atoms with E-state index in [2.05, 4.69) is 10.3 Å². The molecular weight excluding hydrogens is 364 g/mol. The van der Waals surface area contributed by atoms with Gasteiger partial charge in [0, 0.05) is 17.5 Å². The fraction of sp³-hybridized carbons (Fsp3) is 0.500. The Morgan fingerprint density at radius 2 is 1.89 bits per heavy atom. The Bertz CT molecular complexity index is 843. The molecule has 8 heteroatoms. The Hall–Kier alpha value is -2.58. The average molecular weight is 392 g/mol. The molecule has 28 heavy (non-hydrogen) atoms. The van der Waals surface area contributed by atoms with Gasteiger partial charge in [0.05, 0.1) is 31.3 Å². The molecule has 0 aliphatic rings. The standard InChI is InChI=1S/C20H28N2O6/c1-5-27-17(25)10-20(3,4)21-11-16(24)12-7-8-15(23)18-13(12)9-14(22-18)19(26)28-6-2/h7-9,16,21-24H,5-6,10-11H2,1-4H3. The number of phenols is 1. The molecule has 0 amide bonds. The number of H-pyrrole nitrogens is 1. The number of esters is 2. The molecule has 1 atom stereocenters. The van der Waals surface area contributed by atoms with E-state index in [1.807, 2.05) is 13.8 Å². The maximum absolute atomic E-state index is 12.0. The van der Waals surface area contributed by atoms with Gasteiger partial charge in [-0.25, -0.2) is 4.79 Å². The van der Waals surface area contributed by atoms with Crippen molar-refractivity contribution in [2.24, 2.45) is 0 Å². The first kappa shape index (κ1) is 21.7. The number of aliphatic hydroxyl groups excluding tert-OH is 1. The predicted molar refractivity (Wildman–Crippen MR) is 104 cm³/mol. The number of fused-ring (bicyclic) bond motifs is 1. The maximum atomic E-state index is 12.0. The van der Waals surface area contributed by atoms with Crippen molar-refractivity contribution in [2.45, 2.75) is 45.8 Å². The second kappa shape index (κ2) is 9.07. The van der Waals surface area contributed by atoms with Crippen molar-refractivity contribution < 1.29 is 29.3 Å². The Labute approximate surface area is 163 Å². The van der Waals surface area contributed by atoms with Crippen LogP contribution in [-0.4, -0.2) is 52.4 Å². The van der Waals surface area contributed by atoms with E-state index in [1.54, 1.807) is 26.0 Å². The zero-order chi connectivity index (χ0) is 20.9. The van der Waals surface area contributed by atoms with Crippen LogP contribution in [-0.2, 0) is 14.3 Å². The molecule has 2 aromatic rings. The molecule has 1 aromatic heterocycles. The molecule has 0 bridgehead atoms. The molecule has 8 nitrogen and oxygen atoms in total. The number of aromatic amines is 1. The highest BCUT2D eigenvalue weighted by atomic mass is 16.5. The molecular formula is C20H28N2O6. The normalized spacial score (nSPS) is 12.8. The molecule has 1 unspecified atom stereocenters. The number of aromatic hydroxyl groups is 1. The quantitative estimate of drug-likeness (QED) is 0.484. The van der Waals surface area contributed by atoms with Crippen LogP contribution in [0.1, 0.15) is 56.3 Å². The van der Waals surface area contributed by atoms with E-state index in [1.165, 1.54) is 6.07 Å². The SMILES string of the molecule is CCOC(=O)CC(C)(C)NCC(O)c1ccc(O)c2[nH]c(C(=O)OCC)cc12. The van der Waals surface area contributed by atoms with Crippen molar-refractivity contribution in [3.05, 3.63) is 29.5 Å². The summed E-state index contributed by atoms with van der Waals surface area (Å²) >= 11 is 0. The summed E-state index contributed by atoms with van der Waals surface area (Å²) in [6.07, 6.45) is -0.759. The smallest absolute Gasteiger partial charge is 0.354 e. The van der Waals surface area contributed by atoms with Crippen LogP contribution in [0.3, 0.4) is 0 Å². The van der Waals surface area contributed by atoms with Gasteiger partial charge in [-0.05, 0) is 45.4 Å². The average Bonchev–Trinajstić information content (AvgIpc) is 3.06. The number of phenolic OH excluding ortho intramolecular Hbond substituents is 1. The number of ether oxygens (including phenoxy) is 2. The third-order valence-electron chi connectivity index (χ3n) is 4.33. The number of β-amino-alcohol motifs (C(OH)–C–C–N with tert-alkyl or cyclic N) is 1. The number of carbonyl (C=O) groups excluding carboxylic acids is 2. The fourth-order valence-corrected chi connectivity index (χ4v) is 2.95. The summed E-state index contributed by atoms with van der Waals surface area (Å²) in [6, 6.07) is 4.61. The summed E-state index contributed by atoms with van der Waals surface area (Å²) in [4.78, 5) is 26.5. The number of rotatable bonds is 9. The van der Waals surface area contributed by atoms with Crippen molar-refractivity contribution in [2.75, 3.05) is 19.8 Å². The molecule has 0 spiro atoms. The Morgan fingerprint density at radius 3 is 2.54 bits per heavy atom. The fourth-order valence-electron chi connectivity index (χ4n) is 2.95. The van der Waals surface area contributed by atoms with Crippen molar-refractivity contribution in [3.63, 3.8) is 0 Å². The van der Waals surface area contributed by atoms with E-state index >= 15 is 0 Å². The molecule has 0 aliphatic carbocycles. The number of nitrogens with one attached hydrogen (secondary N) is 2. The minimum Gasteiger partial charge on any atom is -0.506 e. The number of carbonyl (C=O) groups is 2. The molecule has 1 heterocycles. The van der Waals surface area contributed by atoms with Gasteiger partial charge in [0.25, 0.3) is 0 Å².